The summed E-state index contributed by atoms with van der Waals surface area (Å²) in [7, 11) is -3.82. The van der Waals surface area contributed by atoms with Gasteiger partial charge < -0.3 is 52.3 Å². The third kappa shape index (κ3) is 14.1. The molecule has 5 fully saturated rings. The van der Waals surface area contributed by atoms with Gasteiger partial charge in [0.2, 0.25) is 47.3 Å². The fourth-order valence-electron chi connectivity index (χ4n) is 14.0. The summed E-state index contributed by atoms with van der Waals surface area (Å²) in [6, 6.07) is 5.40. The van der Waals surface area contributed by atoms with Gasteiger partial charge in [0.05, 0.1) is 45.5 Å². The van der Waals surface area contributed by atoms with Crippen LogP contribution >= 0.6 is 0 Å². The van der Waals surface area contributed by atoms with Crippen molar-refractivity contribution in [1.29, 1.82) is 0 Å². The van der Waals surface area contributed by atoms with E-state index in [1.54, 1.807) is 64.3 Å². The molecule has 0 spiro atoms. The lowest BCUT2D eigenvalue weighted by Crippen LogP contribution is -2.58. The molecule has 0 unspecified atom stereocenters. The van der Waals surface area contributed by atoms with Crippen LogP contribution in [-0.2, 0) is 58.0 Å². The molecular formula is C60H86N10O12S2. The highest BCUT2D eigenvalue weighted by Gasteiger charge is 2.49. The third-order valence-electron chi connectivity index (χ3n) is 19.2. The maximum Gasteiger partial charge on any atom is 0.246 e. The summed E-state index contributed by atoms with van der Waals surface area (Å²) in [5, 5.41) is 24.3. The van der Waals surface area contributed by atoms with Crippen molar-refractivity contribution in [3.05, 3.63) is 59.7 Å². The molecular weight excluding hydrogens is 1120 g/mol. The number of likely N-dealkylation sites (tertiary alicyclic amines) is 2. The lowest BCUT2D eigenvalue weighted by atomic mass is 9.81. The lowest BCUT2D eigenvalue weighted by molar-refractivity contribution is -0.143. The number of rotatable bonds is 18. The normalized spacial score (nSPS) is 28.2. The molecule has 4 aliphatic heterocycles. The Bertz CT molecular complexity index is 2820. The van der Waals surface area contributed by atoms with Crippen molar-refractivity contribution in [2.45, 2.75) is 200 Å². The number of nitrogens with one attached hydrogen (secondary N) is 8. The number of carbonyl (C=O) groups is 8. The molecule has 7 aliphatic rings. The Balaban J connectivity index is 0.871. The number of benzene rings is 2. The standard InChI is InChI=1S/C60H86N10O12S2/c1-35(61-3)53(71)67-51(37-15-7-5-8-16-37)59(77)69-33-41(31-47(69)57(75)65-45-27-29-83(79,80)49-21-13-11-19-43(45)49)63-55(73)39-23-25-40(26-24-39)56(74)64-42-32-48(58(76)66-46-28-30-84(81,82)50-22-14-12-20-44(46)50)70(34-42)60(78)52(38-17-9-6-10-18-38)68-54(72)36(2)62-4/h11-14,19-22,35-42,45-48,51-52,61-62H,5-10,15-18,23-34H2,1-4H3,(H,63,73)(H,64,74)(H,65,75)(H,66,76)(H,67,71)(H,68,72)/t35-,36-,39?,40?,41-,42-,45+,46+,47-,48-,51-,52-/m0/s1. The zero-order valence-corrected chi connectivity index (χ0v) is 50.5. The Morgan fingerprint density at radius 1 is 0.464 bits per heavy atom. The highest BCUT2D eigenvalue weighted by molar-refractivity contribution is 7.91. The minimum atomic E-state index is -3.56. The Morgan fingerprint density at radius 3 is 1.18 bits per heavy atom. The van der Waals surface area contributed by atoms with Crippen molar-refractivity contribution < 1.29 is 55.2 Å². The molecule has 2 aromatic carbocycles. The Morgan fingerprint density at radius 2 is 0.821 bits per heavy atom. The highest BCUT2D eigenvalue weighted by Crippen LogP contribution is 2.37. The van der Waals surface area contributed by atoms with Crippen LogP contribution in [0.25, 0.3) is 0 Å². The summed E-state index contributed by atoms with van der Waals surface area (Å²) in [5.74, 6) is -4.75. The van der Waals surface area contributed by atoms with E-state index in [1.165, 1.54) is 21.9 Å². The fraction of sp³-hybridized carbons (Fsp3) is 0.667. The maximum atomic E-state index is 15.0. The minimum absolute atomic E-state index is 0.00462. The quantitative estimate of drug-likeness (QED) is 0.106. The van der Waals surface area contributed by atoms with Crippen LogP contribution in [0.3, 0.4) is 0 Å². The second-order valence-electron chi connectivity index (χ2n) is 24.6. The lowest BCUT2D eigenvalue weighted by Gasteiger charge is -2.35. The van der Waals surface area contributed by atoms with Crippen LogP contribution in [0.1, 0.15) is 153 Å². The van der Waals surface area contributed by atoms with Crippen LogP contribution in [0.5, 0.6) is 0 Å². The number of likely N-dealkylation sites (N-methyl/N-ethyl adjacent to an activating group) is 2. The molecule has 0 radical (unpaired) electrons. The van der Waals surface area contributed by atoms with Gasteiger partial charge in [-0.3, -0.25) is 38.4 Å². The smallest absolute Gasteiger partial charge is 0.246 e. The van der Waals surface area contributed by atoms with E-state index in [4.69, 9.17) is 0 Å². The molecule has 22 nitrogen and oxygen atoms in total. The topological polar surface area (TPSA) is 308 Å². The summed E-state index contributed by atoms with van der Waals surface area (Å²) in [6.07, 6.45) is 10.3. The van der Waals surface area contributed by atoms with Crippen molar-refractivity contribution in [1.82, 2.24) is 52.3 Å². The van der Waals surface area contributed by atoms with Crippen molar-refractivity contribution in [2.24, 2.45) is 23.7 Å². The molecule has 0 aromatic heterocycles. The minimum Gasteiger partial charge on any atom is -0.351 e. The van der Waals surface area contributed by atoms with Gasteiger partial charge in [0, 0.05) is 37.0 Å². The summed E-state index contributed by atoms with van der Waals surface area (Å²) >= 11 is 0. The second kappa shape index (κ2) is 27.2. The number of hydrogen-bond acceptors (Lipinski definition) is 14. The van der Waals surface area contributed by atoms with Crippen LogP contribution in [0.4, 0.5) is 0 Å². The van der Waals surface area contributed by atoms with Crippen molar-refractivity contribution in [3.63, 3.8) is 0 Å². The van der Waals surface area contributed by atoms with Gasteiger partial charge in [-0.05, 0) is 140 Å². The van der Waals surface area contributed by atoms with E-state index in [2.05, 4.69) is 42.5 Å². The molecule has 8 amide bonds. The third-order valence-corrected chi connectivity index (χ3v) is 22.8. The Hall–Kier alpha value is -5.98. The summed E-state index contributed by atoms with van der Waals surface area (Å²) in [5.41, 5.74) is 0.930. The van der Waals surface area contributed by atoms with Crippen LogP contribution < -0.4 is 42.5 Å². The zero-order chi connectivity index (χ0) is 60.0. The largest absolute Gasteiger partial charge is 0.351 e. The first-order valence-electron chi connectivity index (χ1n) is 30.6. The Kier molecular flexibility index (Phi) is 20.2. The van der Waals surface area contributed by atoms with Gasteiger partial charge in [-0.2, -0.15) is 0 Å². The van der Waals surface area contributed by atoms with Crippen molar-refractivity contribution in [2.75, 3.05) is 38.7 Å². The second-order valence-corrected chi connectivity index (χ2v) is 28.8. The van der Waals surface area contributed by atoms with Gasteiger partial charge >= 0.3 is 0 Å². The van der Waals surface area contributed by atoms with E-state index >= 15 is 0 Å². The predicted molar refractivity (Wildman–Crippen MR) is 312 cm³/mol. The molecule has 3 aliphatic carbocycles. The maximum absolute atomic E-state index is 15.0. The van der Waals surface area contributed by atoms with E-state index < -0.39 is 116 Å². The number of fused-ring (bicyclic) bond motifs is 2. The monoisotopic (exact) mass is 1200 g/mol. The van der Waals surface area contributed by atoms with Gasteiger partial charge in [0.15, 0.2) is 19.7 Å². The first-order chi connectivity index (χ1) is 40.2. The zero-order valence-electron chi connectivity index (χ0n) is 48.9. The van der Waals surface area contributed by atoms with E-state index in [0.29, 0.717) is 62.5 Å². The number of amides is 8. The summed E-state index contributed by atoms with van der Waals surface area (Å²) in [4.78, 5) is 118. The SMILES string of the molecule is CN[C@@H](C)C(=O)N[C@H](C(=O)N1C[C@@H](NC(=O)C2CCC(C(=O)N[C@H]3C[C@@H](C(=O)N[C@@H]4CCS(=O)(=O)c5ccccc54)N(C(=O)[C@@H](NC(=O)[C@H](C)NC)C4CCCCC4)C3)CC2)C[C@H]1C(=O)N[C@@H]1CCS(=O)(=O)c2ccccc21)C1CCCCC1. The van der Waals surface area contributed by atoms with Gasteiger partial charge in [0.1, 0.15) is 24.2 Å². The molecule has 2 aromatic rings. The van der Waals surface area contributed by atoms with Gasteiger partial charge in [-0.15, -0.1) is 0 Å². The predicted octanol–water partition coefficient (Wildman–Crippen LogP) is 2.38. The number of nitrogens with zero attached hydrogens (tertiary/aromatic N) is 2. The van der Waals surface area contributed by atoms with E-state index in [9.17, 15) is 55.2 Å². The molecule has 10 atom stereocenters. The van der Waals surface area contributed by atoms with E-state index in [0.717, 1.165) is 38.5 Å². The average molecular weight is 1200 g/mol. The van der Waals surface area contributed by atoms with E-state index in [1.807, 2.05) is 0 Å². The van der Waals surface area contributed by atoms with Crippen molar-refractivity contribution in [3.8, 4) is 0 Å². The van der Waals surface area contributed by atoms with Gasteiger partial charge in [-0.1, -0.05) is 74.9 Å². The molecule has 2 saturated heterocycles. The van der Waals surface area contributed by atoms with Crippen LogP contribution in [0, 0.1) is 23.7 Å². The van der Waals surface area contributed by atoms with E-state index in [-0.39, 0.29) is 95.5 Å². The van der Waals surface area contributed by atoms with Crippen LogP contribution in [0.2, 0.25) is 0 Å². The van der Waals surface area contributed by atoms with Gasteiger partial charge in [0.25, 0.3) is 0 Å². The molecule has 4 heterocycles. The van der Waals surface area contributed by atoms with Gasteiger partial charge in [-0.25, -0.2) is 16.8 Å². The fourth-order valence-corrected chi connectivity index (χ4v) is 17.3. The number of hydrogen-bond donors (Lipinski definition) is 8. The summed E-state index contributed by atoms with van der Waals surface area (Å²) < 4.78 is 52.1. The first-order valence-corrected chi connectivity index (χ1v) is 33.9. The average Bonchev–Trinajstić information content (AvgIpc) is 3.78. The molecule has 9 rings (SSSR count). The molecule has 24 heteroatoms. The molecule has 3 saturated carbocycles. The molecule has 8 N–H and O–H groups in total. The number of sulfone groups is 2. The summed E-state index contributed by atoms with van der Waals surface area (Å²) in [6.45, 7) is 3.39. The van der Waals surface area contributed by atoms with Crippen LogP contribution in [0.15, 0.2) is 58.3 Å². The number of carbonyl (C=O) groups excluding carboxylic acids is 8. The first kappa shape index (κ1) is 62.5. The van der Waals surface area contributed by atoms with Crippen LogP contribution in [-0.4, -0.2) is 161 Å². The highest BCUT2D eigenvalue weighted by atomic mass is 32.2. The molecule has 0 bridgehead atoms. The molecule has 84 heavy (non-hydrogen) atoms. The Labute approximate surface area is 493 Å². The molecule has 460 valence electrons. The van der Waals surface area contributed by atoms with Crippen molar-refractivity contribution >= 4 is 66.9 Å².